The standard InChI is InChI=1S/C19H22O4/c1-13(2)18-12-17(23-22-14(3)20)11-16(19(18)21-4)10-15-8-6-5-7-9-15/h5-9,11-13H,10H2,1-4H3. The number of benzene rings is 2. The van der Waals surface area contributed by atoms with Gasteiger partial charge in [0.25, 0.3) is 0 Å². The van der Waals surface area contributed by atoms with E-state index in [4.69, 9.17) is 9.62 Å². The molecule has 2 aromatic carbocycles. The third kappa shape index (κ3) is 4.49. The van der Waals surface area contributed by atoms with E-state index in [1.165, 1.54) is 12.5 Å². The van der Waals surface area contributed by atoms with Gasteiger partial charge in [-0.05, 0) is 23.6 Å². The van der Waals surface area contributed by atoms with E-state index < -0.39 is 5.97 Å². The Kier molecular flexibility index (Phi) is 5.63. The van der Waals surface area contributed by atoms with Crippen molar-refractivity contribution in [3.8, 4) is 11.5 Å². The van der Waals surface area contributed by atoms with E-state index in [0.717, 1.165) is 16.9 Å². The zero-order valence-corrected chi connectivity index (χ0v) is 14.0. The predicted octanol–water partition coefficient (Wildman–Crippen LogP) is 4.27. The van der Waals surface area contributed by atoms with Gasteiger partial charge in [-0.25, -0.2) is 4.79 Å². The van der Waals surface area contributed by atoms with Gasteiger partial charge in [0.15, 0.2) is 5.75 Å². The number of carbonyl (C=O) groups is 1. The Balaban J connectivity index is 2.42. The van der Waals surface area contributed by atoms with Crippen molar-refractivity contribution >= 4 is 5.97 Å². The van der Waals surface area contributed by atoms with Gasteiger partial charge in [-0.1, -0.05) is 44.2 Å². The first-order valence-electron chi connectivity index (χ1n) is 7.61. The van der Waals surface area contributed by atoms with Gasteiger partial charge < -0.3 is 4.74 Å². The highest BCUT2D eigenvalue weighted by molar-refractivity contribution is 5.65. The lowest BCUT2D eigenvalue weighted by molar-refractivity contribution is -0.210. The first-order valence-corrected chi connectivity index (χ1v) is 7.61. The van der Waals surface area contributed by atoms with Crippen molar-refractivity contribution in [2.24, 2.45) is 0 Å². The average molecular weight is 314 g/mol. The van der Waals surface area contributed by atoms with Crippen molar-refractivity contribution in [2.75, 3.05) is 7.11 Å². The van der Waals surface area contributed by atoms with Crippen molar-refractivity contribution in [3.63, 3.8) is 0 Å². The number of carbonyl (C=O) groups excluding carboxylic acids is 1. The molecule has 0 amide bonds. The Bertz CT molecular complexity index is 663. The largest absolute Gasteiger partial charge is 0.496 e. The van der Waals surface area contributed by atoms with Crippen LogP contribution in [0.5, 0.6) is 11.5 Å². The van der Waals surface area contributed by atoms with Gasteiger partial charge >= 0.3 is 5.97 Å². The molecule has 0 aromatic heterocycles. The van der Waals surface area contributed by atoms with Crippen molar-refractivity contribution < 1.29 is 19.3 Å². The average Bonchev–Trinajstić information content (AvgIpc) is 2.53. The van der Waals surface area contributed by atoms with Crippen LogP contribution in [0.2, 0.25) is 0 Å². The Morgan fingerprint density at radius 3 is 2.39 bits per heavy atom. The van der Waals surface area contributed by atoms with Crippen molar-refractivity contribution in [1.82, 2.24) is 0 Å². The summed E-state index contributed by atoms with van der Waals surface area (Å²) in [5.41, 5.74) is 3.18. The summed E-state index contributed by atoms with van der Waals surface area (Å²) in [7, 11) is 1.67. The number of hydrogen-bond donors (Lipinski definition) is 0. The third-order valence-corrected chi connectivity index (χ3v) is 3.49. The second kappa shape index (κ2) is 7.68. The minimum absolute atomic E-state index is 0.250. The molecule has 0 aliphatic carbocycles. The molecular formula is C19H22O4. The van der Waals surface area contributed by atoms with Gasteiger partial charge in [-0.3, -0.25) is 9.78 Å². The molecule has 2 rings (SSSR count). The van der Waals surface area contributed by atoms with Crippen LogP contribution < -0.4 is 9.62 Å². The first-order chi connectivity index (χ1) is 11.0. The Hall–Kier alpha value is -2.49. The third-order valence-electron chi connectivity index (χ3n) is 3.49. The second-order valence-corrected chi connectivity index (χ2v) is 5.68. The maximum absolute atomic E-state index is 11.0. The lowest BCUT2D eigenvalue weighted by Crippen LogP contribution is -2.06. The van der Waals surface area contributed by atoms with E-state index in [0.29, 0.717) is 12.2 Å². The molecule has 0 radical (unpaired) electrons. The molecule has 0 saturated carbocycles. The molecule has 0 fully saturated rings. The van der Waals surface area contributed by atoms with Crippen LogP contribution in [0, 0.1) is 0 Å². The summed E-state index contributed by atoms with van der Waals surface area (Å²) < 4.78 is 5.63. The van der Waals surface area contributed by atoms with Crippen LogP contribution in [0.25, 0.3) is 0 Å². The lowest BCUT2D eigenvalue weighted by Gasteiger charge is -2.18. The van der Waals surface area contributed by atoms with Gasteiger partial charge in [0.2, 0.25) is 0 Å². The fourth-order valence-corrected chi connectivity index (χ4v) is 2.46. The van der Waals surface area contributed by atoms with E-state index in [1.807, 2.05) is 30.3 Å². The number of methoxy groups -OCH3 is 1. The summed E-state index contributed by atoms with van der Waals surface area (Å²) in [5.74, 6) is 1.10. The Morgan fingerprint density at radius 2 is 1.83 bits per heavy atom. The van der Waals surface area contributed by atoms with Crippen LogP contribution in [0.3, 0.4) is 0 Å². The summed E-state index contributed by atoms with van der Waals surface area (Å²) >= 11 is 0. The molecule has 0 unspecified atom stereocenters. The quantitative estimate of drug-likeness (QED) is 0.590. The van der Waals surface area contributed by atoms with Gasteiger partial charge in [0.05, 0.1) is 7.11 Å². The van der Waals surface area contributed by atoms with Crippen molar-refractivity contribution in [1.29, 1.82) is 0 Å². The first kappa shape index (κ1) is 16.9. The number of hydrogen-bond acceptors (Lipinski definition) is 4. The molecule has 0 heterocycles. The van der Waals surface area contributed by atoms with Crippen molar-refractivity contribution in [3.05, 3.63) is 59.2 Å². The normalized spacial score (nSPS) is 10.5. The molecule has 23 heavy (non-hydrogen) atoms. The Morgan fingerprint density at radius 1 is 1.13 bits per heavy atom. The second-order valence-electron chi connectivity index (χ2n) is 5.68. The molecule has 0 atom stereocenters. The maximum atomic E-state index is 11.0. The summed E-state index contributed by atoms with van der Waals surface area (Å²) in [4.78, 5) is 20.8. The Labute approximate surface area is 136 Å². The lowest BCUT2D eigenvalue weighted by atomic mass is 9.95. The monoisotopic (exact) mass is 314 g/mol. The van der Waals surface area contributed by atoms with Crippen LogP contribution in [0.1, 0.15) is 43.4 Å². The summed E-state index contributed by atoms with van der Waals surface area (Å²) in [6.45, 7) is 5.47. The minimum Gasteiger partial charge on any atom is -0.496 e. The summed E-state index contributed by atoms with van der Waals surface area (Å²) in [5, 5.41) is 0. The zero-order chi connectivity index (χ0) is 16.8. The molecule has 0 saturated heterocycles. The van der Waals surface area contributed by atoms with Crippen LogP contribution in [0.15, 0.2) is 42.5 Å². The SMILES string of the molecule is COc1c(Cc2ccccc2)cc(OOC(C)=O)cc1C(C)C. The molecule has 0 aliphatic heterocycles. The molecule has 4 heteroatoms. The van der Waals surface area contributed by atoms with Gasteiger partial charge in [0.1, 0.15) is 5.75 Å². The number of ether oxygens (including phenoxy) is 1. The smallest absolute Gasteiger partial charge is 0.352 e. The van der Waals surface area contributed by atoms with Gasteiger partial charge in [-0.2, -0.15) is 0 Å². The van der Waals surface area contributed by atoms with Crippen LogP contribution >= 0.6 is 0 Å². The molecule has 0 spiro atoms. The predicted molar refractivity (Wildman–Crippen MR) is 88.7 cm³/mol. The highest BCUT2D eigenvalue weighted by Gasteiger charge is 2.16. The van der Waals surface area contributed by atoms with Crippen molar-refractivity contribution in [2.45, 2.75) is 33.1 Å². The van der Waals surface area contributed by atoms with E-state index in [-0.39, 0.29) is 5.92 Å². The van der Waals surface area contributed by atoms with E-state index in [9.17, 15) is 4.79 Å². The molecule has 0 N–H and O–H groups in total. The molecular weight excluding hydrogens is 292 g/mol. The number of rotatable bonds is 6. The van der Waals surface area contributed by atoms with Crippen LogP contribution in [-0.2, 0) is 16.1 Å². The van der Waals surface area contributed by atoms with E-state index in [2.05, 4.69) is 30.9 Å². The fourth-order valence-electron chi connectivity index (χ4n) is 2.46. The van der Waals surface area contributed by atoms with E-state index in [1.54, 1.807) is 7.11 Å². The summed E-state index contributed by atoms with van der Waals surface area (Å²) in [6.07, 6.45) is 0.709. The highest BCUT2D eigenvalue weighted by atomic mass is 17.2. The summed E-state index contributed by atoms with van der Waals surface area (Å²) in [6, 6.07) is 13.8. The van der Waals surface area contributed by atoms with Crippen LogP contribution in [0.4, 0.5) is 0 Å². The fraction of sp³-hybridized carbons (Fsp3) is 0.316. The molecule has 4 nitrogen and oxygen atoms in total. The molecule has 122 valence electrons. The molecule has 0 aliphatic rings. The van der Waals surface area contributed by atoms with Gasteiger partial charge in [-0.15, -0.1) is 0 Å². The molecule has 2 aromatic rings. The maximum Gasteiger partial charge on any atom is 0.352 e. The minimum atomic E-state index is -0.489. The topological polar surface area (TPSA) is 44.8 Å². The highest BCUT2D eigenvalue weighted by Crippen LogP contribution is 2.35. The van der Waals surface area contributed by atoms with E-state index >= 15 is 0 Å². The van der Waals surface area contributed by atoms with Crippen LogP contribution in [-0.4, -0.2) is 13.1 Å². The molecule has 0 bridgehead atoms. The zero-order valence-electron chi connectivity index (χ0n) is 14.0. The van der Waals surface area contributed by atoms with Gasteiger partial charge in [0, 0.05) is 24.5 Å².